The van der Waals surface area contributed by atoms with Gasteiger partial charge in [0.25, 0.3) is 0 Å². The first-order chi connectivity index (χ1) is 15.4. The summed E-state index contributed by atoms with van der Waals surface area (Å²) in [5.74, 6) is -2.81. The second-order valence-electron chi connectivity index (χ2n) is 9.62. The number of nitrogens with zero attached hydrogens (tertiary/aromatic N) is 3. The van der Waals surface area contributed by atoms with E-state index in [-0.39, 0.29) is 17.3 Å². The predicted molar refractivity (Wildman–Crippen MR) is 107 cm³/mol. The number of likely N-dealkylation sites (tertiary alicyclic amines) is 1. The van der Waals surface area contributed by atoms with Crippen molar-refractivity contribution in [3.05, 3.63) is 41.1 Å². The molecule has 2 amide bonds. The number of amides is 2. The lowest BCUT2D eigenvalue weighted by atomic mass is 9.64. The molecule has 3 aliphatic rings. The Morgan fingerprint density at radius 1 is 1.18 bits per heavy atom. The lowest BCUT2D eigenvalue weighted by molar-refractivity contribution is -0.140. The van der Waals surface area contributed by atoms with Crippen molar-refractivity contribution in [1.29, 1.82) is 0 Å². The van der Waals surface area contributed by atoms with E-state index in [1.807, 2.05) is 0 Å². The quantitative estimate of drug-likeness (QED) is 0.572. The molecule has 3 unspecified atom stereocenters. The third-order valence-corrected chi connectivity index (χ3v) is 7.04. The number of aryl methyl sites for hydroxylation is 1. The van der Waals surface area contributed by atoms with Crippen molar-refractivity contribution in [3.8, 4) is 0 Å². The minimum atomic E-state index is -4.67. The molecule has 178 valence electrons. The fraction of sp³-hybridized carbons (Fsp3) is 0.591. The number of carbonyl (C=O) groups excluding carboxylic acids is 1. The molecule has 2 aromatic rings. The van der Waals surface area contributed by atoms with Crippen molar-refractivity contribution in [2.75, 3.05) is 5.32 Å². The zero-order chi connectivity index (χ0) is 23.8. The van der Waals surface area contributed by atoms with Crippen LogP contribution in [0.4, 0.5) is 32.4 Å². The summed E-state index contributed by atoms with van der Waals surface area (Å²) in [4.78, 5) is 14.9. The highest BCUT2D eigenvalue weighted by Crippen LogP contribution is 2.56. The number of fused-ring (bicyclic) bond motifs is 2. The van der Waals surface area contributed by atoms with Gasteiger partial charge < -0.3 is 14.6 Å². The largest absolute Gasteiger partial charge is 0.423 e. The monoisotopic (exact) mass is 470 g/mol. The molecule has 1 aliphatic heterocycles. The minimum absolute atomic E-state index is 0.0554. The fourth-order valence-electron chi connectivity index (χ4n) is 5.73. The number of aromatic nitrogens is 2. The first-order valence-electron chi connectivity index (χ1n) is 10.9. The number of rotatable bonds is 3. The number of piperidine rings is 1. The summed E-state index contributed by atoms with van der Waals surface area (Å²) in [5, 5.41) is 10.7. The fourth-order valence-corrected chi connectivity index (χ4v) is 5.73. The van der Waals surface area contributed by atoms with E-state index in [0.29, 0.717) is 30.5 Å². The molecular formula is C22H23F5N4O2. The van der Waals surface area contributed by atoms with Gasteiger partial charge in [0, 0.05) is 37.9 Å². The molecule has 2 saturated carbocycles. The van der Waals surface area contributed by atoms with E-state index >= 15 is 0 Å². The van der Waals surface area contributed by atoms with Crippen LogP contribution < -0.4 is 5.32 Å². The van der Waals surface area contributed by atoms with Crippen molar-refractivity contribution in [3.63, 3.8) is 0 Å². The van der Waals surface area contributed by atoms with E-state index < -0.39 is 48.0 Å². The highest BCUT2D eigenvalue weighted by atomic mass is 19.4. The van der Waals surface area contributed by atoms with Crippen LogP contribution in [0.25, 0.3) is 0 Å². The van der Waals surface area contributed by atoms with Crippen LogP contribution in [0.1, 0.15) is 67.9 Å². The summed E-state index contributed by atoms with van der Waals surface area (Å²) < 4.78 is 72.8. The molecule has 11 heteroatoms. The number of halogens is 5. The van der Waals surface area contributed by atoms with Gasteiger partial charge in [0.2, 0.25) is 17.7 Å². The molecule has 2 aliphatic carbocycles. The normalized spacial score (nSPS) is 28.8. The Morgan fingerprint density at radius 2 is 1.91 bits per heavy atom. The van der Waals surface area contributed by atoms with E-state index in [1.54, 1.807) is 11.8 Å². The van der Waals surface area contributed by atoms with Crippen LogP contribution >= 0.6 is 0 Å². The van der Waals surface area contributed by atoms with E-state index in [9.17, 15) is 26.7 Å². The summed E-state index contributed by atoms with van der Waals surface area (Å²) in [6, 6.07) is 2.63. The van der Waals surface area contributed by atoms with Gasteiger partial charge in [0.05, 0.1) is 5.56 Å². The van der Waals surface area contributed by atoms with Crippen molar-refractivity contribution in [1.82, 2.24) is 15.1 Å². The summed E-state index contributed by atoms with van der Waals surface area (Å²) in [5.41, 5.74) is -1.79. The van der Waals surface area contributed by atoms with Crippen molar-refractivity contribution < 1.29 is 31.2 Å². The molecular weight excluding hydrogens is 447 g/mol. The third kappa shape index (κ3) is 3.65. The second kappa shape index (κ2) is 7.14. The van der Waals surface area contributed by atoms with Gasteiger partial charge >= 0.3 is 12.2 Å². The number of hydrogen-bond acceptors (Lipinski definition) is 4. The number of urea groups is 1. The lowest BCUT2D eigenvalue weighted by Crippen LogP contribution is -2.70. The maximum atomic E-state index is 13.5. The van der Waals surface area contributed by atoms with Gasteiger partial charge in [-0.2, -0.15) is 13.2 Å². The van der Waals surface area contributed by atoms with Gasteiger partial charge in [-0.15, -0.1) is 10.2 Å². The van der Waals surface area contributed by atoms with Crippen LogP contribution in [0, 0.1) is 12.8 Å². The molecule has 3 fully saturated rings. The topological polar surface area (TPSA) is 71.3 Å². The zero-order valence-electron chi connectivity index (χ0n) is 18.0. The number of nitrogens with one attached hydrogen (secondary N) is 1. The Hall–Kier alpha value is -2.72. The van der Waals surface area contributed by atoms with E-state index in [0.717, 1.165) is 18.6 Å². The molecule has 0 radical (unpaired) electrons. The zero-order valence-corrected chi connectivity index (χ0v) is 18.0. The van der Waals surface area contributed by atoms with Crippen LogP contribution in [0.5, 0.6) is 0 Å². The molecule has 5 rings (SSSR count). The van der Waals surface area contributed by atoms with Gasteiger partial charge in [0.15, 0.2) is 0 Å². The predicted octanol–water partition coefficient (Wildman–Crippen LogP) is 5.84. The van der Waals surface area contributed by atoms with Crippen molar-refractivity contribution in [2.24, 2.45) is 5.92 Å². The highest BCUT2D eigenvalue weighted by Gasteiger charge is 2.62. The number of carbonyl (C=O) groups is 1. The standard InChI is InChI=1S/C22H23F5N4O2/c1-11-5-15-10-20(7-11,18-30-29-12(2)33-18)31(15)19(32)28-14-3-4-17(22(25,26)27)16(6-14)13-8-21(23,24)9-13/h3-4,6,11,13,15H,5,7-10H2,1-2H3,(H,28,32). The average molecular weight is 470 g/mol. The molecule has 2 bridgehead atoms. The number of benzene rings is 1. The Balaban J connectivity index is 1.42. The van der Waals surface area contributed by atoms with E-state index in [2.05, 4.69) is 22.4 Å². The Bertz CT molecular complexity index is 1090. The van der Waals surface area contributed by atoms with Gasteiger partial charge in [-0.1, -0.05) is 6.92 Å². The molecule has 6 nitrogen and oxygen atoms in total. The van der Waals surface area contributed by atoms with Crippen molar-refractivity contribution >= 4 is 11.7 Å². The smallest absolute Gasteiger partial charge is 0.416 e. The molecule has 1 N–H and O–H groups in total. The first-order valence-corrected chi connectivity index (χ1v) is 10.9. The molecule has 1 aromatic heterocycles. The number of alkyl halides is 5. The number of hydrogen-bond donors (Lipinski definition) is 1. The Morgan fingerprint density at radius 3 is 2.52 bits per heavy atom. The van der Waals surface area contributed by atoms with Crippen LogP contribution in [-0.2, 0) is 11.7 Å². The molecule has 3 atom stereocenters. The Kier molecular flexibility index (Phi) is 4.78. The maximum Gasteiger partial charge on any atom is 0.416 e. The molecule has 33 heavy (non-hydrogen) atoms. The maximum absolute atomic E-state index is 13.5. The summed E-state index contributed by atoms with van der Waals surface area (Å²) in [7, 11) is 0. The average Bonchev–Trinajstić information content (AvgIpc) is 3.11. The number of anilines is 1. The first kappa shape index (κ1) is 22.1. The molecule has 0 spiro atoms. The van der Waals surface area contributed by atoms with E-state index in [4.69, 9.17) is 4.42 Å². The summed E-state index contributed by atoms with van der Waals surface area (Å²) in [6.45, 7) is 3.74. The Labute approximate surface area is 186 Å². The summed E-state index contributed by atoms with van der Waals surface area (Å²) in [6.07, 6.45) is -3.86. The lowest BCUT2D eigenvalue weighted by Gasteiger charge is -2.61. The van der Waals surface area contributed by atoms with Crippen LogP contribution in [0.15, 0.2) is 22.6 Å². The molecule has 1 aromatic carbocycles. The molecule has 2 heterocycles. The van der Waals surface area contributed by atoms with Gasteiger partial charge in [-0.25, -0.2) is 13.6 Å². The van der Waals surface area contributed by atoms with Gasteiger partial charge in [-0.3, -0.25) is 0 Å². The summed E-state index contributed by atoms with van der Waals surface area (Å²) >= 11 is 0. The highest BCUT2D eigenvalue weighted by molar-refractivity contribution is 5.91. The van der Waals surface area contributed by atoms with Gasteiger partial charge in [-0.05, 0) is 48.4 Å². The molecule has 1 saturated heterocycles. The van der Waals surface area contributed by atoms with Crippen LogP contribution in [-0.4, -0.2) is 33.1 Å². The van der Waals surface area contributed by atoms with Crippen LogP contribution in [0.2, 0.25) is 0 Å². The van der Waals surface area contributed by atoms with Crippen molar-refractivity contribution in [2.45, 2.75) is 75.5 Å². The minimum Gasteiger partial charge on any atom is -0.423 e. The SMILES string of the molecule is Cc1nnc(C23CC(C)CC(C2)N3C(=O)Nc2ccc(C(F)(F)F)c(C3CC(F)(F)C3)c2)o1. The van der Waals surface area contributed by atoms with E-state index in [1.165, 1.54) is 6.07 Å². The second-order valence-corrected chi connectivity index (χ2v) is 9.62. The van der Waals surface area contributed by atoms with Crippen LogP contribution in [0.3, 0.4) is 0 Å². The third-order valence-electron chi connectivity index (χ3n) is 7.04. The van der Waals surface area contributed by atoms with Gasteiger partial charge in [0.1, 0.15) is 5.54 Å².